The summed E-state index contributed by atoms with van der Waals surface area (Å²) in [6.45, 7) is 2.86. The Hall–Kier alpha value is -1.47. The fraction of sp³-hybridized carbons (Fsp3) is 1.00. The molecule has 0 spiro atoms. The van der Waals surface area contributed by atoms with E-state index in [0.29, 0.717) is 0 Å². The maximum atomic E-state index is 14.4. The number of hydrogen-bond acceptors (Lipinski definition) is 0. The number of fused-ring (bicyclic) bond motifs is 2. The molecule has 244 valence electrons. The first-order valence-corrected chi connectivity index (χ1v) is 11.0. The SMILES string of the molecule is CC1(C)[C@H]2CC[C@H](CC(F)(F)C(F)(F)C(F)(F)C(F)(F)C(F)(F)C(F)(F)C(F)(F)C(F)(F)C(F)(F)C(F)(F)F)[C@@H]1C2. The first-order chi connectivity index (χ1) is 17.6. The Bertz CT molecular complexity index is 985. The van der Waals surface area contributed by atoms with Crippen LogP contribution in [0, 0.1) is 23.2 Å². The molecule has 2 bridgehead atoms. The van der Waals surface area contributed by atoms with Crippen molar-refractivity contribution in [3.8, 4) is 0 Å². The van der Waals surface area contributed by atoms with Crippen molar-refractivity contribution in [2.24, 2.45) is 23.2 Å². The summed E-state index contributed by atoms with van der Waals surface area (Å²) in [5, 5.41) is 0. The highest BCUT2D eigenvalue weighted by atomic mass is 19.4. The predicted octanol–water partition coefficient (Wildman–Crippen LogP) is 9.73. The molecule has 3 rings (SSSR count). The Kier molecular flexibility index (Phi) is 7.87. The third-order valence-corrected chi connectivity index (χ3v) is 8.10. The molecule has 0 nitrogen and oxygen atoms in total. The first-order valence-electron chi connectivity index (χ1n) is 11.0. The van der Waals surface area contributed by atoms with Crippen LogP contribution in [0.15, 0.2) is 0 Å². The standard InChI is InChI=1S/C20H17F21/c1-10(2)8-4-3-7(9(10)5-8)6-11(21,22)12(23,24)13(25,26)14(27,28)15(29,30)16(31,32)17(33,34)18(35,36)19(37,38)20(39,40)41/h7-9H,3-6H2,1-2H3/t7-,8+,9+/m1/s1. The molecule has 3 aliphatic rings. The van der Waals surface area contributed by atoms with E-state index in [4.69, 9.17) is 0 Å². The van der Waals surface area contributed by atoms with Crippen molar-refractivity contribution in [3.05, 3.63) is 0 Å². The lowest BCUT2D eigenvalue weighted by atomic mass is 9.45. The van der Waals surface area contributed by atoms with Crippen molar-refractivity contribution in [1.29, 1.82) is 0 Å². The van der Waals surface area contributed by atoms with E-state index >= 15 is 0 Å². The van der Waals surface area contributed by atoms with Crippen molar-refractivity contribution < 1.29 is 92.2 Å². The van der Waals surface area contributed by atoms with Gasteiger partial charge in [0.15, 0.2) is 0 Å². The van der Waals surface area contributed by atoms with Crippen LogP contribution in [0.25, 0.3) is 0 Å². The topological polar surface area (TPSA) is 0 Å². The summed E-state index contributed by atoms with van der Waals surface area (Å²) < 4.78 is 284. The van der Waals surface area contributed by atoms with Gasteiger partial charge in [0.1, 0.15) is 0 Å². The molecule has 0 aromatic heterocycles. The van der Waals surface area contributed by atoms with Gasteiger partial charge in [-0.15, -0.1) is 0 Å². The van der Waals surface area contributed by atoms with E-state index in [9.17, 15) is 92.2 Å². The van der Waals surface area contributed by atoms with Gasteiger partial charge in [0.05, 0.1) is 0 Å². The molecule has 0 aliphatic heterocycles. The normalized spacial score (nSPS) is 25.7. The molecule has 0 aromatic rings. The second kappa shape index (κ2) is 9.03. The minimum absolute atomic E-state index is 0.0263. The molecule has 41 heavy (non-hydrogen) atoms. The monoisotopic (exact) mass is 656 g/mol. The lowest BCUT2D eigenvalue weighted by molar-refractivity contribution is -0.474. The van der Waals surface area contributed by atoms with Gasteiger partial charge in [-0.1, -0.05) is 13.8 Å². The first kappa shape index (κ1) is 35.7. The summed E-state index contributed by atoms with van der Waals surface area (Å²) in [5.41, 5.74) is -0.870. The van der Waals surface area contributed by atoms with Gasteiger partial charge >= 0.3 is 59.5 Å². The zero-order valence-corrected chi connectivity index (χ0v) is 20.0. The van der Waals surface area contributed by atoms with Crippen LogP contribution in [0.1, 0.15) is 39.5 Å². The van der Waals surface area contributed by atoms with Crippen LogP contribution in [0.4, 0.5) is 92.2 Å². The third kappa shape index (κ3) is 4.29. The molecular formula is C20H17F21. The van der Waals surface area contributed by atoms with E-state index in [2.05, 4.69) is 0 Å². The highest BCUT2D eigenvalue weighted by molar-refractivity contribution is 5.18. The van der Waals surface area contributed by atoms with Crippen molar-refractivity contribution in [3.63, 3.8) is 0 Å². The fourth-order valence-corrected chi connectivity index (χ4v) is 5.26. The number of halogens is 21. The third-order valence-electron chi connectivity index (χ3n) is 8.10. The minimum Gasteiger partial charge on any atom is -0.200 e. The predicted molar refractivity (Wildman–Crippen MR) is 93.3 cm³/mol. The Balaban J connectivity index is 2.55. The number of hydrogen-bond donors (Lipinski definition) is 0. The second-order valence-electron chi connectivity index (χ2n) is 10.7. The maximum Gasteiger partial charge on any atom is 0.460 e. The molecule has 0 N–H and O–H groups in total. The van der Waals surface area contributed by atoms with E-state index in [-0.39, 0.29) is 18.8 Å². The van der Waals surface area contributed by atoms with Crippen LogP contribution in [0.5, 0.6) is 0 Å². The van der Waals surface area contributed by atoms with E-state index in [1.807, 2.05) is 0 Å². The van der Waals surface area contributed by atoms with Gasteiger partial charge in [-0.3, -0.25) is 0 Å². The van der Waals surface area contributed by atoms with Crippen molar-refractivity contribution in [1.82, 2.24) is 0 Å². The Morgan fingerprint density at radius 2 is 0.780 bits per heavy atom. The molecular weight excluding hydrogens is 639 g/mol. The fourth-order valence-electron chi connectivity index (χ4n) is 5.26. The van der Waals surface area contributed by atoms with Crippen LogP contribution in [0.2, 0.25) is 0 Å². The van der Waals surface area contributed by atoms with Gasteiger partial charge < -0.3 is 0 Å². The largest absolute Gasteiger partial charge is 0.460 e. The molecule has 0 unspecified atom stereocenters. The summed E-state index contributed by atoms with van der Waals surface area (Å²) in [6, 6.07) is 0. The molecule has 0 saturated heterocycles. The van der Waals surface area contributed by atoms with Crippen molar-refractivity contribution >= 4 is 0 Å². The summed E-state index contributed by atoms with van der Waals surface area (Å²) in [5.74, 6) is -79.1. The average molecular weight is 656 g/mol. The van der Waals surface area contributed by atoms with Gasteiger partial charge in [-0.05, 0) is 42.4 Å². The van der Waals surface area contributed by atoms with E-state index in [1.54, 1.807) is 0 Å². The van der Waals surface area contributed by atoms with Crippen LogP contribution >= 0.6 is 0 Å². The van der Waals surface area contributed by atoms with E-state index in [1.165, 1.54) is 13.8 Å². The number of alkyl halides is 21. The maximum absolute atomic E-state index is 14.4. The minimum atomic E-state index is -9.13. The lowest BCUT2D eigenvalue weighted by Gasteiger charge is -2.60. The summed E-state index contributed by atoms with van der Waals surface area (Å²) in [4.78, 5) is 0. The molecule has 3 aliphatic carbocycles. The van der Waals surface area contributed by atoms with Crippen molar-refractivity contribution in [2.45, 2.75) is 99.0 Å². The van der Waals surface area contributed by atoms with Gasteiger partial charge in [-0.25, -0.2) is 0 Å². The van der Waals surface area contributed by atoms with Gasteiger partial charge in [0.2, 0.25) is 0 Å². The van der Waals surface area contributed by atoms with E-state index < -0.39 is 89.6 Å². The Labute approximate surface area is 215 Å². The Morgan fingerprint density at radius 3 is 1.07 bits per heavy atom. The molecule has 0 radical (unpaired) electrons. The number of rotatable bonds is 10. The Morgan fingerprint density at radius 1 is 0.463 bits per heavy atom. The summed E-state index contributed by atoms with van der Waals surface area (Å²) >= 11 is 0. The quantitative estimate of drug-likeness (QED) is 0.206. The molecule has 0 amide bonds. The summed E-state index contributed by atoms with van der Waals surface area (Å²) in [7, 11) is 0. The second-order valence-corrected chi connectivity index (χ2v) is 10.7. The molecule has 3 atom stereocenters. The van der Waals surface area contributed by atoms with Crippen molar-refractivity contribution in [2.75, 3.05) is 0 Å². The molecule has 3 fully saturated rings. The molecule has 3 saturated carbocycles. The molecule has 0 aromatic carbocycles. The van der Waals surface area contributed by atoms with E-state index in [0.717, 1.165) is 0 Å². The summed E-state index contributed by atoms with van der Waals surface area (Å²) in [6.07, 6.45) is -10.8. The van der Waals surface area contributed by atoms with Gasteiger partial charge in [0, 0.05) is 6.42 Å². The lowest BCUT2D eigenvalue weighted by Crippen LogP contribution is -2.76. The van der Waals surface area contributed by atoms with Gasteiger partial charge in [-0.2, -0.15) is 92.2 Å². The van der Waals surface area contributed by atoms with Gasteiger partial charge in [0.25, 0.3) is 0 Å². The average Bonchev–Trinajstić information content (AvgIpc) is 2.76. The zero-order valence-electron chi connectivity index (χ0n) is 20.0. The highest BCUT2D eigenvalue weighted by Crippen LogP contribution is 2.68. The zero-order chi connectivity index (χ0) is 33.1. The smallest absolute Gasteiger partial charge is 0.200 e. The molecule has 0 heterocycles. The van der Waals surface area contributed by atoms with Crippen LogP contribution in [-0.2, 0) is 0 Å². The van der Waals surface area contributed by atoms with Crippen LogP contribution < -0.4 is 0 Å². The highest BCUT2D eigenvalue weighted by Gasteiger charge is 2.97. The molecule has 21 heteroatoms. The van der Waals surface area contributed by atoms with Crippen LogP contribution in [-0.4, -0.2) is 59.5 Å². The van der Waals surface area contributed by atoms with Crippen LogP contribution in [0.3, 0.4) is 0 Å².